The minimum absolute atomic E-state index is 0.180. The molecule has 122 valence electrons. The lowest BCUT2D eigenvalue weighted by Gasteiger charge is -2.34. The third-order valence-electron chi connectivity index (χ3n) is 3.94. The van der Waals surface area contributed by atoms with Crippen LogP contribution >= 0.6 is 0 Å². The van der Waals surface area contributed by atoms with E-state index in [0.29, 0.717) is 18.7 Å². The molecule has 0 radical (unpaired) electrons. The number of carboxylic acids is 1. The summed E-state index contributed by atoms with van der Waals surface area (Å²) in [5.74, 6) is -0.954. The fourth-order valence-corrected chi connectivity index (χ4v) is 2.92. The number of rotatable bonds is 3. The fourth-order valence-electron chi connectivity index (χ4n) is 2.92. The number of carbonyl (C=O) groups is 2. The van der Waals surface area contributed by atoms with E-state index in [1.807, 2.05) is 27.8 Å². The van der Waals surface area contributed by atoms with Crippen molar-refractivity contribution in [2.45, 2.75) is 33.1 Å². The van der Waals surface area contributed by atoms with Crippen LogP contribution in [0, 0.1) is 11.8 Å². The molecule has 2 amide bonds. The lowest BCUT2D eigenvalue weighted by molar-refractivity contribution is -0.143. The van der Waals surface area contributed by atoms with Gasteiger partial charge in [0.1, 0.15) is 0 Å². The minimum Gasteiger partial charge on any atom is -0.481 e. The molecule has 0 aliphatic carbocycles. The maximum atomic E-state index is 12.5. The van der Waals surface area contributed by atoms with Crippen LogP contribution in [0.4, 0.5) is 10.5 Å². The molecule has 0 spiro atoms. The maximum absolute atomic E-state index is 12.5. The summed E-state index contributed by atoms with van der Waals surface area (Å²) in [6.07, 6.45) is 2.39. The predicted molar refractivity (Wildman–Crippen MR) is 82.8 cm³/mol. The van der Waals surface area contributed by atoms with Crippen molar-refractivity contribution in [3.05, 3.63) is 11.9 Å². The zero-order chi connectivity index (χ0) is 16.4. The first-order valence-electron chi connectivity index (χ1n) is 7.60. The molecule has 0 saturated carbocycles. The Balaban J connectivity index is 2.10. The van der Waals surface area contributed by atoms with Crippen LogP contribution in [0.25, 0.3) is 0 Å². The van der Waals surface area contributed by atoms with Gasteiger partial charge < -0.3 is 15.3 Å². The molecule has 2 atom stereocenters. The van der Waals surface area contributed by atoms with Gasteiger partial charge in [0, 0.05) is 26.3 Å². The molecule has 1 aromatic heterocycles. The first-order chi connectivity index (χ1) is 10.3. The molecule has 1 aliphatic heterocycles. The summed E-state index contributed by atoms with van der Waals surface area (Å²) in [5.41, 5.74) is 1.52. The summed E-state index contributed by atoms with van der Waals surface area (Å²) in [6, 6.07) is -0.257. The Morgan fingerprint density at radius 2 is 2.09 bits per heavy atom. The molecule has 2 rings (SSSR count). The lowest BCUT2D eigenvalue weighted by Crippen LogP contribution is -2.47. The van der Waals surface area contributed by atoms with E-state index in [-0.39, 0.29) is 24.4 Å². The number of hydrogen-bond acceptors (Lipinski definition) is 3. The first-order valence-corrected chi connectivity index (χ1v) is 7.60. The number of piperidine rings is 1. The van der Waals surface area contributed by atoms with Crippen LogP contribution in [-0.4, -0.2) is 44.9 Å². The largest absolute Gasteiger partial charge is 0.481 e. The molecule has 7 nitrogen and oxygen atoms in total. The molecule has 0 aromatic carbocycles. The van der Waals surface area contributed by atoms with E-state index < -0.39 is 11.9 Å². The molecular weight excluding hydrogens is 284 g/mol. The number of aliphatic carboxylic acids is 1. The number of urea groups is 1. The topological polar surface area (TPSA) is 87.5 Å². The van der Waals surface area contributed by atoms with Crippen LogP contribution in [0.2, 0.25) is 0 Å². The number of carboxylic acid groups (broad SMARTS) is 1. The summed E-state index contributed by atoms with van der Waals surface area (Å²) in [4.78, 5) is 25.2. The SMILES string of the molecule is CC1CC(C(=O)O)CN(C(=O)Nc2cn(C)nc2C(C)C)C1. The van der Waals surface area contributed by atoms with Crippen LogP contribution in [0.3, 0.4) is 0 Å². The Morgan fingerprint density at radius 1 is 1.41 bits per heavy atom. The van der Waals surface area contributed by atoms with Crippen molar-refractivity contribution in [2.75, 3.05) is 18.4 Å². The van der Waals surface area contributed by atoms with E-state index in [4.69, 9.17) is 0 Å². The van der Waals surface area contributed by atoms with E-state index >= 15 is 0 Å². The second-order valence-corrected chi connectivity index (χ2v) is 6.47. The van der Waals surface area contributed by atoms with Gasteiger partial charge in [0.25, 0.3) is 0 Å². The Kier molecular flexibility index (Phi) is 4.73. The smallest absolute Gasteiger partial charge is 0.321 e. The minimum atomic E-state index is -0.839. The van der Waals surface area contributed by atoms with Gasteiger partial charge in [-0.05, 0) is 18.3 Å². The van der Waals surface area contributed by atoms with Crippen LogP contribution in [0.1, 0.15) is 38.8 Å². The van der Waals surface area contributed by atoms with Crippen molar-refractivity contribution in [1.29, 1.82) is 0 Å². The van der Waals surface area contributed by atoms with Gasteiger partial charge >= 0.3 is 12.0 Å². The van der Waals surface area contributed by atoms with Gasteiger partial charge in [-0.2, -0.15) is 5.10 Å². The zero-order valence-electron chi connectivity index (χ0n) is 13.5. The van der Waals surface area contributed by atoms with Crippen molar-refractivity contribution < 1.29 is 14.7 Å². The summed E-state index contributed by atoms with van der Waals surface area (Å²) in [5, 5.41) is 16.4. The highest BCUT2D eigenvalue weighted by atomic mass is 16.4. The van der Waals surface area contributed by atoms with Gasteiger partial charge in [-0.15, -0.1) is 0 Å². The second-order valence-electron chi connectivity index (χ2n) is 6.47. The van der Waals surface area contributed by atoms with Crippen LogP contribution < -0.4 is 5.32 Å². The summed E-state index contributed by atoms with van der Waals surface area (Å²) >= 11 is 0. The normalized spacial score (nSPS) is 22.0. The molecule has 22 heavy (non-hydrogen) atoms. The van der Waals surface area contributed by atoms with E-state index in [0.717, 1.165) is 5.69 Å². The fraction of sp³-hybridized carbons (Fsp3) is 0.667. The van der Waals surface area contributed by atoms with Gasteiger partial charge in [-0.25, -0.2) is 4.79 Å². The second kappa shape index (κ2) is 6.37. The number of nitrogens with one attached hydrogen (secondary N) is 1. The molecule has 0 bridgehead atoms. The zero-order valence-corrected chi connectivity index (χ0v) is 13.5. The van der Waals surface area contributed by atoms with Gasteiger partial charge in [-0.3, -0.25) is 9.48 Å². The average molecular weight is 308 g/mol. The number of likely N-dealkylation sites (tertiary alicyclic amines) is 1. The summed E-state index contributed by atoms with van der Waals surface area (Å²) < 4.78 is 1.67. The first kappa shape index (κ1) is 16.3. The Morgan fingerprint density at radius 3 is 2.68 bits per heavy atom. The third kappa shape index (κ3) is 3.58. The highest BCUT2D eigenvalue weighted by Gasteiger charge is 2.32. The molecule has 2 N–H and O–H groups in total. The highest BCUT2D eigenvalue weighted by Crippen LogP contribution is 2.25. The molecule has 1 aliphatic rings. The third-order valence-corrected chi connectivity index (χ3v) is 3.94. The van der Waals surface area contributed by atoms with Gasteiger partial charge in [0.2, 0.25) is 0 Å². The van der Waals surface area contributed by atoms with Crippen LogP contribution in [0.15, 0.2) is 6.20 Å². The van der Waals surface area contributed by atoms with Crippen LogP contribution in [0.5, 0.6) is 0 Å². The van der Waals surface area contributed by atoms with Gasteiger partial charge in [-0.1, -0.05) is 20.8 Å². The molecule has 1 aromatic rings. The van der Waals surface area contributed by atoms with Crippen molar-refractivity contribution in [3.63, 3.8) is 0 Å². The Labute approximate surface area is 130 Å². The van der Waals surface area contributed by atoms with E-state index in [1.54, 1.807) is 15.8 Å². The van der Waals surface area contributed by atoms with Gasteiger partial charge in [0.05, 0.1) is 17.3 Å². The van der Waals surface area contributed by atoms with Crippen molar-refractivity contribution in [3.8, 4) is 0 Å². The predicted octanol–water partition coefficient (Wildman–Crippen LogP) is 2.12. The molecular formula is C15H24N4O3. The lowest BCUT2D eigenvalue weighted by atomic mass is 9.91. The molecule has 1 fully saturated rings. The Bertz CT molecular complexity index is 567. The number of hydrogen-bond donors (Lipinski definition) is 2. The maximum Gasteiger partial charge on any atom is 0.321 e. The highest BCUT2D eigenvalue weighted by molar-refractivity contribution is 5.90. The molecule has 7 heteroatoms. The van der Waals surface area contributed by atoms with E-state index in [2.05, 4.69) is 10.4 Å². The number of nitrogens with zero attached hydrogens (tertiary/aromatic N) is 3. The molecule has 2 heterocycles. The summed E-state index contributed by atoms with van der Waals surface area (Å²) in [6.45, 7) is 6.83. The number of carbonyl (C=O) groups excluding carboxylic acids is 1. The standard InChI is InChI=1S/C15H24N4O3/c1-9(2)13-12(8-18(4)17-13)16-15(22)19-6-10(3)5-11(7-19)14(20)21/h8-11H,5-7H2,1-4H3,(H,16,22)(H,20,21). The number of amides is 2. The monoisotopic (exact) mass is 308 g/mol. The summed E-state index contributed by atoms with van der Waals surface area (Å²) in [7, 11) is 1.81. The number of aromatic nitrogens is 2. The van der Waals surface area contributed by atoms with Crippen LogP contribution in [-0.2, 0) is 11.8 Å². The van der Waals surface area contributed by atoms with E-state index in [1.165, 1.54) is 0 Å². The number of anilines is 1. The van der Waals surface area contributed by atoms with Gasteiger partial charge in [0.15, 0.2) is 0 Å². The average Bonchev–Trinajstić information content (AvgIpc) is 2.79. The quantitative estimate of drug-likeness (QED) is 0.895. The van der Waals surface area contributed by atoms with Crippen molar-refractivity contribution >= 4 is 17.7 Å². The Hall–Kier alpha value is -2.05. The molecule has 1 saturated heterocycles. The van der Waals surface area contributed by atoms with Crippen molar-refractivity contribution in [2.24, 2.45) is 18.9 Å². The van der Waals surface area contributed by atoms with Crippen molar-refractivity contribution in [1.82, 2.24) is 14.7 Å². The molecule has 2 unspecified atom stereocenters. The van der Waals surface area contributed by atoms with E-state index in [9.17, 15) is 14.7 Å². The number of aryl methyl sites for hydroxylation is 1.